The monoisotopic (exact) mass is 206 g/mol. The molecule has 0 amide bonds. The summed E-state index contributed by atoms with van der Waals surface area (Å²) >= 11 is 0. The van der Waals surface area contributed by atoms with Gasteiger partial charge >= 0.3 is 0 Å². The molecule has 0 spiro atoms. The summed E-state index contributed by atoms with van der Waals surface area (Å²) in [5.41, 5.74) is 0. The number of rotatable bonds is 2. The Hall–Kier alpha value is -0.130. The Morgan fingerprint density at radius 2 is 2.08 bits per heavy atom. The van der Waals surface area contributed by atoms with Gasteiger partial charge in [0.2, 0.25) is 0 Å². The minimum Gasteiger partial charge on any atom is -0.216 e. The topological polar surface area (TPSA) is 63.4 Å². The van der Waals surface area contributed by atoms with Gasteiger partial charge in [0.25, 0.3) is 10.2 Å². The van der Waals surface area contributed by atoms with Crippen LogP contribution in [0, 0.1) is 11.8 Å². The summed E-state index contributed by atoms with van der Waals surface area (Å²) in [6, 6.07) is 0. The lowest BCUT2D eigenvalue weighted by Gasteiger charge is -2.32. The molecule has 13 heavy (non-hydrogen) atoms. The van der Waals surface area contributed by atoms with Crippen LogP contribution < -0.4 is 5.14 Å². The number of nitrogens with zero attached hydrogens (tertiary/aromatic N) is 1. The van der Waals surface area contributed by atoms with Gasteiger partial charge in [0.1, 0.15) is 0 Å². The van der Waals surface area contributed by atoms with Crippen molar-refractivity contribution in [2.24, 2.45) is 17.0 Å². The van der Waals surface area contributed by atoms with E-state index in [0.717, 1.165) is 12.8 Å². The van der Waals surface area contributed by atoms with Crippen LogP contribution in [0.5, 0.6) is 0 Å². The standard InChI is InChI=1S/C8H18N2O2S/c1-7(2)8-4-3-5-10(6-8)13(9,11)12/h7-8H,3-6H2,1-2H3,(H2,9,11,12). The van der Waals surface area contributed by atoms with Crippen molar-refractivity contribution < 1.29 is 8.42 Å². The van der Waals surface area contributed by atoms with E-state index in [1.165, 1.54) is 4.31 Å². The van der Waals surface area contributed by atoms with Gasteiger partial charge in [-0.1, -0.05) is 13.8 Å². The molecule has 5 heteroatoms. The molecule has 1 fully saturated rings. The van der Waals surface area contributed by atoms with Crippen LogP contribution in [0.3, 0.4) is 0 Å². The Morgan fingerprint density at radius 1 is 1.46 bits per heavy atom. The van der Waals surface area contributed by atoms with Crippen molar-refractivity contribution in [2.75, 3.05) is 13.1 Å². The number of nitrogens with two attached hydrogens (primary N) is 1. The maximum Gasteiger partial charge on any atom is 0.276 e. The molecule has 0 aromatic rings. The van der Waals surface area contributed by atoms with Crippen molar-refractivity contribution in [2.45, 2.75) is 26.7 Å². The molecule has 0 aromatic carbocycles. The van der Waals surface area contributed by atoms with E-state index in [-0.39, 0.29) is 0 Å². The fraction of sp³-hybridized carbons (Fsp3) is 1.00. The molecule has 78 valence electrons. The van der Waals surface area contributed by atoms with Crippen LogP contribution in [0.4, 0.5) is 0 Å². The SMILES string of the molecule is CC(C)C1CCCN(S(N)(=O)=O)C1. The molecule has 1 aliphatic heterocycles. The summed E-state index contributed by atoms with van der Waals surface area (Å²) < 4.78 is 23.5. The van der Waals surface area contributed by atoms with Crippen LogP contribution in [-0.4, -0.2) is 25.8 Å². The molecule has 0 aliphatic carbocycles. The van der Waals surface area contributed by atoms with Gasteiger partial charge in [-0.2, -0.15) is 12.7 Å². The molecule has 1 heterocycles. The summed E-state index contributed by atoms with van der Waals surface area (Å²) in [6.07, 6.45) is 2.04. The summed E-state index contributed by atoms with van der Waals surface area (Å²) in [6.45, 7) is 5.42. The zero-order valence-electron chi connectivity index (χ0n) is 8.23. The molecule has 1 rings (SSSR count). The third kappa shape index (κ3) is 2.93. The molecule has 0 bridgehead atoms. The Morgan fingerprint density at radius 3 is 2.54 bits per heavy atom. The Bertz CT molecular complexity index is 261. The average molecular weight is 206 g/mol. The Labute approximate surface area is 80.3 Å². The second-order valence-electron chi connectivity index (χ2n) is 4.05. The molecule has 0 radical (unpaired) electrons. The highest BCUT2D eigenvalue weighted by Gasteiger charge is 2.27. The zero-order chi connectivity index (χ0) is 10.1. The largest absolute Gasteiger partial charge is 0.276 e. The molecule has 2 N–H and O–H groups in total. The van der Waals surface area contributed by atoms with Crippen LogP contribution >= 0.6 is 0 Å². The lowest BCUT2D eigenvalue weighted by molar-refractivity contribution is 0.219. The number of hydrogen-bond acceptors (Lipinski definition) is 2. The quantitative estimate of drug-likeness (QED) is 0.717. The van der Waals surface area contributed by atoms with Gasteiger partial charge in [0.15, 0.2) is 0 Å². The van der Waals surface area contributed by atoms with Crippen LogP contribution in [0.2, 0.25) is 0 Å². The lowest BCUT2D eigenvalue weighted by atomic mass is 9.89. The predicted octanol–water partition coefficient (Wildman–Crippen LogP) is 0.558. The highest BCUT2D eigenvalue weighted by Crippen LogP contribution is 2.24. The van der Waals surface area contributed by atoms with Crippen LogP contribution in [0.1, 0.15) is 26.7 Å². The van der Waals surface area contributed by atoms with Crippen LogP contribution in [0.15, 0.2) is 0 Å². The summed E-state index contributed by atoms with van der Waals surface area (Å²) in [5, 5.41) is 5.07. The van der Waals surface area contributed by atoms with E-state index in [4.69, 9.17) is 5.14 Å². The number of hydrogen-bond donors (Lipinski definition) is 1. The summed E-state index contributed by atoms with van der Waals surface area (Å²) in [4.78, 5) is 0. The molecule has 1 atom stereocenters. The highest BCUT2D eigenvalue weighted by molar-refractivity contribution is 7.86. The van der Waals surface area contributed by atoms with E-state index >= 15 is 0 Å². The van der Waals surface area contributed by atoms with Crippen LogP contribution in [-0.2, 0) is 10.2 Å². The normalized spacial score (nSPS) is 26.6. The van der Waals surface area contributed by atoms with Gasteiger partial charge in [0, 0.05) is 13.1 Å². The fourth-order valence-corrected chi connectivity index (χ4v) is 2.53. The second kappa shape index (κ2) is 3.94. The minimum absolute atomic E-state index is 0.465. The van der Waals surface area contributed by atoms with Gasteiger partial charge in [-0.3, -0.25) is 0 Å². The van der Waals surface area contributed by atoms with E-state index < -0.39 is 10.2 Å². The van der Waals surface area contributed by atoms with Gasteiger partial charge < -0.3 is 0 Å². The Balaban J connectivity index is 2.62. The average Bonchev–Trinajstić information content (AvgIpc) is 2.03. The third-order valence-corrected chi connectivity index (χ3v) is 3.77. The fourth-order valence-electron chi connectivity index (χ4n) is 1.75. The molecule has 1 unspecified atom stereocenters. The van der Waals surface area contributed by atoms with E-state index in [1.54, 1.807) is 0 Å². The first-order chi connectivity index (χ1) is 5.91. The molecule has 4 nitrogen and oxygen atoms in total. The van der Waals surface area contributed by atoms with Crippen molar-refractivity contribution in [3.05, 3.63) is 0 Å². The first-order valence-electron chi connectivity index (χ1n) is 4.69. The van der Waals surface area contributed by atoms with Gasteiger partial charge in [-0.05, 0) is 24.7 Å². The number of piperidine rings is 1. The second-order valence-corrected chi connectivity index (χ2v) is 5.60. The lowest BCUT2D eigenvalue weighted by Crippen LogP contribution is -2.44. The van der Waals surface area contributed by atoms with Gasteiger partial charge in [-0.15, -0.1) is 0 Å². The first kappa shape index (κ1) is 10.9. The zero-order valence-corrected chi connectivity index (χ0v) is 9.05. The van der Waals surface area contributed by atoms with Gasteiger partial charge in [0.05, 0.1) is 0 Å². The maximum absolute atomic E-state index is 11.1. The molecular formula is C8H18N2O2S. The highest BCUT2D eigenvalue weighted by atomic mass is 32.2. The molecule has 1 saturated heterocycles. The van der Waals surface area contributed by atoms with Crippen molar-refractivity contribution in [3.8, 4) is 0 Å². The van der Waals surface area contributed by atoms with Crippen molar-refractivity contribution in [3.63, 3.8) is 0 Å². The summed E-state index contributed by atoms with van der Waals surface area (Å²) in [7, 11) is -3.46. The van der Waals surface area contributed by atoms with Crippen molar-refractivity contribution >= 4 is 10.2 Å². The van der Waals surface area contributed by atoms with E-state index in [1.807, 2.05) is 0 Å². The molecule has 0 aromatic heterocycles. The van der Waals surface area contributed by atoms with Gasteiger partial charge in [-0.25, -0.2) is 5.14 Å². The Kier molecular flexibility index (Phi) is 3.32. The van der Waals surface area contributed by atoms with Crippen molar-refractivity contribution in [1.82, 2.24) is 4.31 Å². The molecule has 0 saturated carbocycles. The summed E-state index contributed by atoms with van der Waals surface area (Å²) in [5.74, 6) is 0.997. The minimum atomic E-state index is -3.46. The van der Waals surface area contributed by atoms with Crippen LogP contribution in [0.25, 0.3) is 0 Å². The third-order valence-electron chi connectivity index (χ3n) is 2.72. The van der Waals surface area contributed by atoms with Crippen molar-refractivity contribution in [1.29, 1.82) is 0 Å². The molecular weight excluding hydrogens is 188 g/mol. The van der Waals surface area contributed by atoms with E-state index in [2.05, 4.69) is 13.8 Å². The first-order valence-corrected chi connectivity index (χ1v) is 6.19. The smallest absolute Gasteiger partial charge is 0.216 e. The maximum atomic E-state index is 11.1. The van der Waals surface area contributed by atoms with E-state index in [9.17, 15) is 8.42 Å². The predicted molar refractivity (Wildman–Crippen MR) is 52.2 cm³/mol. The molecule has 1 aliphatic rings. The van der Waals surface area contributed by atoms with E-state index in [0.29, 0.717) is 24.9 Å².